The molecule has 1 aliphatic rings. The summed E-state index contributed by atoms with van der Waals surface area (Å²) in [4.78, 5) is 0. The molecule has 17 heavy (non-hydrogen) atoms. The van der Waals surface area contributed by atoms with E-state index in [-0.39, 0.29) is 5.54 Å². The fourth-order valence-corrected chi connectivity index (χ4v) is 2.57. The molecule has 0 bridgehead atoms. The largest absolute Gasteiger partial charge is 0.381 e. The first kappa shape index (κ1) is 12.6. The molecule has 1 aliphatic heterocycles. The molecular weight excluding hydrogens is 210 g/mol. The molecule has 94 valence electrons. The number of benzene rings is 1. The predicted octanol–water partition coefficient (Wildman–Crippen LogP) is 2.91. The maximum absolute atomic E-state index is 6.44. The van der Waals surface area contributed by atoms with E-state index >= 15 is 0 Å². The lowest BCUT2D eigenvalue weighted by Gasteiger charge is -2.27. The maximum atomic E-state index is 6.44. The molecule has 1 unspecified atom stereocenters. The summed E-state index contributed by atoms with van der Waals surface area (Å²) in [6.45, 7) is 1.72. The highest BCUT2D eigenvalue weighted by atomic mass is 16.5. The molecule has 2 N–H and O–H groups in total. The van der Waals surface area contributed by atoms with Gasteiger partial charge in [0.15, 0.2) is 0 Å². The van der Waals surface area contributed by atoms with Gasteiger partial charge in [-0.1, -0.05) is 30.3 Å². The second kappa shape index (κ2) is 6.18. The summed E-state index contributed by atoms with van der Waals surface area (Å²) >= 11 is 0. The van der Waals surface area contributed by atoms with Gasteiger partial charge < -0.3 is 10.5 Å². The van der Waals surface area contributed by atoms with Crippen LogP contribution in [-0.2, 0) is 11.2 Å². The van der Waals surface area contributed by atoms with Gasteiger partial charge >= 0.3 is 0 Å². The number of rotatable bonds is 4. The Kier molecular flexibility index (Phi) is 4.57. The van der Waals surface area contributed by atoms with Crippen molar-refractivity contribution < 1.29 is 4.74 Å². The molecule has 0 amide bonds. The molecule has 0 aromatic heterocycles. The van der Waals surface area contributed by atoms with Crippen molar-refractivity contribution in [1.29, 1.82) is 0 Å². The van der Waals surface area contributed by atoms with E-state index in [2.05, 4.69) is 30.3 Å². The van der Waals surface area contributed by atoms with Crippen LogP contribution in [0.3, 0.4) is 0 Å². The first-order chi connectivity index (χ1) is 8.29. The smallest absolute Gasteiger partial charge is 0.0483 e. The summed E-state index contributed by atoms with van der Waals surface area (Å²) in [5.41, 5.74) is 7.88. The maximum Gasteiger partial charge on any atom is 0.0483 e. The summed E-state index contributed by atoms with van der Waals surface area (Å²) < 4.78 is 5.47. The predicted molar refractivity (Wildman–Crippen MR) is 71.0 cm³/mol. The van der Waals surface area contributed by atoms with Gasteiger partial charge in [0.2, 0.25) is 0 Å². The molecule has 1 heterocycles. The SMILES string of the molecule is NC1(CCCc2ccccc2)CCCOCC1. The molecule has 2 rings (SSSR count). The van der Waals surface area contributed by atoms with Crippen molar-refractivity contribution in [3.63, 3.8) is 0 Å². The van der Waals surface area contributed by atoms with Crippen molar-refractivity contribution in [1.82, 2.24) is 0 Å². The van der Waals surface area contributed by atoms with E-state index in [1.165, 1.54) is 12.0 Å². The van der Waals surface area contributed by atoms with E-state index in [0.717, 1.165) is 45.3 Å². The van der Waals surface area contributed by atoms with Gasteiger partial charge in [0.1, 0.15) is 0 Å². The van der Waals surface area contributed by atoms with Crippen LogP contribution in [-0.4, -0.2) is 18.8 Å². The zero-order valence-corrected chi connectivity index (χ0v) is 10.5. The van der Waals surface area contributed by atoms with E-state index in [0.29, 0.717) is 0 Å². The van der Waals surface area contributed by atoms with Gasteiger partial charge in [-0.2, -0.15) is 0 Å². The summed E-state index contributed by atoms with van der Waals surface area (Å²) in [7, 11) is 0. The van der Waals surface area contributed by atoms with Crippen LogP contribution in [0.4, 0.5) is 0 Å². The molecule has 1 fully saturated rings. The Balaban J connectivity index is 1.77. The Morgan fingerprint density at radius 3 is 2.76 bits per heavy atom. The average Bonchev–Trinajstić information content (AvgIpc) is 2.56. The van der Waals surface area contributed by atoms with Crippen molar-refractivity contribution in [3.05, 3.63) is 35.9 Å². The van der Waals surface area contributed by atoms with E-state index in [4.69, 9.17) is 10.5 Å². The zero-order valence-electron chi connectivity index (χ0n) is 10.5. The highest BCUT2D eigenvalue weighted by Crippen LogP contribution is 2.24. The molecule has 0 radical (unpaired) electrons. The van der Waals surface area contributed by atoms with Crippen LogP contribution >= 0.6 is 0 Å². The van der Waals surface area contributed by atoms with Gasteiger partial charge in [-0.05, 0) is 44.1 Å². The number of hydrogen-bond acceptors (Lipinski definition) is 2. The monoisotopic (exact) mass is 233 g/mol. The molecule has 1 saturated heterocycles. The Labute approximate surface area is 104 Å². The van der Waals surface area contributed by atoms with Gasteiger partial charge in [-0.3, -0.25) is 0 Å². The van der Waals surface area contributed by atoms with Crippen LogP contribution in [0.15, 0.2) is 30.3 Å². The summed E-state index contributed by atoms with van der Waals surface area (Å²) in [5, 5.41) is 0. The minimum absolute atomic E-state index is 0.0191. The number of hydrogen-bond donors (Lipinski definition) is 1. The lowest BCUT2D eigenvalue weighted by Crippen LogP contribution is -2.40. The fourth-order valence-electron chi connectivity index (χ4n) is 2.57. The number of aryl methyl sites for hydroxylation is 1. The normalized spacial score (nSPS) is 25.5. The Hall–Kier alpha value is -0.860. The van der Waals surface area contributed by atoms with Crippen LogP contribution in [0.25, 0.3) is 0 Å². The van der Waals surface area contributed by atoms with Gasteiger partial charge in [0, 0.05) is 18.8 Å². The third-order valence-corrected chi connectivity index (χ3v) is 3.69. The second-order valence-corrected chi connectivity index (χ2v) is 5.17. The average molecular weight is 233 g/mol. The third-order valence-electron chi connectivity index (χ3n) is 3.69. The Bertz CT molecular complexity index is 315. The highest BCUT2D eigenvalue weighted by molar-refractivity contribution is 5.14. The van der Waals surface area contributed by atoms with Crippen LogP contribution in [0.5, 0.6) is 0 Å². The minimum Gasteiger partial charge on any atom is -0.381 e. The van der Waals surface area contributed by atoms with Crippen LogP contribution in [0, 0.1) is 0 Å². The highest BCUT2D eigenvalue weighted by Gasteiger charge is 2.25. The molecule has 1 atom stereocenters. The minimum atomic E-state index is 0.0191. The topological polar surface area (TPSA) is 35.2 Å². The molecule has 2 heteroatoms. The molecule has 1 aromatic carbocycles. The van der Waals surface area contributed by atoms with Gasteiger partial charge in [0.25, 0.3) is 0 Å². The van der Waals surface area contributed by atoms with E-state index in [1.54, 1.807) is 0 Å². The molecule has 2 nitrogen and oxygen atoms in total. The van der Waals surface area contributed by atoms with E-state index < -0.39 is 0 Å². The van der Waals surface area contributed by atoms with E-state index in [9.17, 15) is 0 Å². The fraction of sp³-hybridized carbons (Fsp3) is 0.600. The standard InChI is InChI=1S/C15H23NO/c16-15(10-5-12-17-13-11-15)9-4-8-14-6-2-1-3-7-14/h1-3,6-7H,4-5,8-13,16H2. The number of ether oxygens (including phenoxy) is 1. The molecular formula is C15H23NO. The van der Waals surface area contributed by atoms with Gasteiger partial charge in [-0.15, -0.1) is 0 Å². The second-order valence-electron chi connectivity index (χ2n) is 5.17. The van der Waals surface area contributed by atoms with Crippen LogP contribution < -0.4 is 5.73 Å². The molecule has 0 aliphatic carbocycles. The Morgan fingerprint density at radius 1 is 1.12 bits per heavy atom. The zero-order chi connectivity index (χ0) is 12.0. The lowest BCUT2D eigenvalue weighted by molar-refractivity contribution is 0.139. The Morgan fingerprint density at radius 2 is 1.94 bits per heavy atom. The van der Waals surface area contributed by atoms with Crippen molar-refractivity contribution in [2.24, 2.45) is 5.73 Å². The quantitative estimate of drug-likeness (QED) is 0.868. The summed E-state index contributed by atoms with van der Waals surface area (Å²) in [5.74, 6) is 0. The van der Waals surface area contributed by atoms with Crippen molar-refractivity contribution in [2.75, 3.05) is 13.2 Å². The number of nitrogens with two attached hydrogens (primary N) is 1. The van der Waals surface area contributed by atoms with Crippen molar-refractivity contribution >= 4 is 0 Å². The summed E-state index contributed by atoms with van der Waals surface area (Å²) in [6, 6.07) is 10.7. The first-order valence-electron chi connectivity index (χ1n) is 6.69. The van der Waals surface area contributed by atoms with Gasteiger partial charge in [0.05, 0.1) is 0 Å². The van der Waals surface area contributed by atoms with E-state index in [1.807, 2.05) is 0 Å². The summed E-state index contributed by atoms with van der Waals surface area (Å²) in [6.07, 6.45) is 6.68. The van der Waals surface area contributed by atoms with Crippen LogP contribution in [0.2, 0.25) is 0 Å². The third kappa shape index (κ3) is 4.14. The first-order valence-corrected chi connectivity index (χ1v) is 6.69. The molecule has 1 aromatic rings. The van der Waals surface area contributed by atoms with Gasteiger partial charge in [-0.25, -0.2) is 0 Å². The molecule has 0 saturated carbocycles. The lowest BCUT2D eigenvalue weighted by atomic mass is 9.86. The van der Waals surface area contributed by atoms with Crippen LogP contribution in [0.1, 0.15) is 37.7 Å². The van der Waals surface area contributed by atoms with Crippen molar-refractivity contribution in [2.45, 2.75) is 44.1 Å². The van der Waals surface area contributed by atoms with Crippen molar-refractivity contribution in [3.8, 4) is 0 Å². The molecule has 0 spiro atoms.